The molecule has 0 aromatic heterocycles. The topological polar surface area (TPSA) is 0 Å². The van der Waals surface area contributed by atoms with Crippen LogP contribution in [-0.2, 0) is 5.41 Å². The van der Waals surface area contributed by atoms with Crippen molar-refractivity contribution in [3.05, 3.63) is 259 Å². The van der Waals surface area contributed by atoms with Crippen LogP contribution in [0.25, 0.3) is 105 Å². The van der Waals surface area contributed by atoms with Crippen molar-refractivity contribution >= 4 is 49.5 Å². The van der Waals surface area contributed by atoms with Gasteiger partial charge in [0.1, 0.15) is 0 Å². The van der Waals surface area contributed by atoms with Crippen molar-refractivity contribution < 1.29 is 0 Å². The third kappa shape index (κ3) is 6.35. The van der Waals surface area contributed by atoms with E-state index in [4.69, 9.17) is 0 Å². The van der Waals surface area contributed by atoms with E-state index in [1.807, 2.05) is 6.08 Å². The maximum Gasteiger partial charge on any atom is 0.0159 e. The fourth-order valence-corrected chi connectivity index (χ4v) is 12.1. The molecule has 0 radical (unpaired) electrons. The average Bonchev–Trinajstić information content (AvgIpc) is 4.17. The van der Waals surface area contributed by atoms with E-state index < -0.39 is 0 Å². The summed E-state index contributed by atoms with van der Waals surface area (Å²) >= 11 is 0. The van der Waals surface area contributed by atoms with Crippen LogP contribution in [0.2, 0.25) is 0 Å². The van der Waals surface area contributed by atoms with Gasteiger partial charge >= 0.3 is 0 Å². The summed E-state index contributed by atoms with van der Waals surface area (Å²) < 4.78 is 0. The lowest BCUT2D eigenvalue weighted by atomic mass is 9.80. The fraction of sp³-hybridized carbons (Fsp3) is 0.0882. The van der Waals surface area contributed by atoms with Crippen LogP contribution in [0.5, 0.6) is 0 Å². The van der Waals surface area contributed by atoms with Gasteiger partial charge in [-0.05, 0) is 163 Å². The van der Waals surface area contributed by atoms with Gasteiger partial charge in [-0.2, -0.15) is 0 Å². The molecule has 0 nitrogen and oxygen atoms in total. The molecule has 2 atom stereocenters. The normalized spacial score (nSPS) is 16.6. The molecule has 0 saturated heterocycles. The van der Waals surface area contributed by atoms with E-state index in [0.717, 1.165) is 0 Å². The van der Waals surface area contributed by atoms with Gasteiger partial charge in [0.2, 0.25) is 0 Å². The lowest BCUT2D eigenvalue weighted by molar-refractivity contribution is 0.660. The Morgan fingerprint density at radius 2 is 0.941 bits per heavy atom. The smallest absolute Gasteiger partial charge is 0.0159 e. The Kier molecular flexibility index (Phi) is 9.34. The Balaban J connectivity index is 1.05. The fourth-order valence-electron chi connectivity index (χ4n) is 12.1. The molecule has 3 aliphatic rings. The molecule has 0 aliphatic heterocycles. The van der Waals surface area contributed by atoms with E-state index in [-0.39, 0.29) is 5.41 Å². The number of hydrogen-bond donors (Lipinski definition) is 0. The van der Waals surface area contributed by atoms with E-state index in [1.165, 1.54) is 133 Å². The highest BCUT2D eigenvalue weighted by molar-refractivity contribution is 6.21. The van der Waals surface area contributed by atoms with Gasteiger partial charge in [-0.1, -0.05) is 233 Å². The molecule has 0 spiro atoms. The minimum Gasteiger partial charge on any atom is -0.0991 e. The highest BCUT2D eigenvalue weighted by Crippen LogP contribution is 2.59. The Labute approximate surface area is 399 Å². The standard InChI is InChI=1S/C68H50/c1-4-5-18-48-39-59(47-33-35-53-52-24-16-17-28-63(52)68(2,3)64(53)41-47)51-23-12-13-25-54(51)65(48)49-34-36-58-62(40-49)67(57-38-37-50(60-42-61(57)60)45-21-10-7-11-22-45)56-27-15-14-26-55(56)66(58)46-31-29-44(30-32-46)43-19-8-6-9-20-43/h4-41,60-61H,1,42H2,2-3H3/b18-5-. The molecule has 10 aromatic rings. The monoisotopic (exact) mass is 866 g/mol. The lowest BCUT2D eigenvalue weighted by Gasteiger charge is -2.23. The first-order chi connectivity index (χ1) is 33.5. The van der Waals surface area contributed by atoms with Gasteiger partial charge in [0.25, 0.3) is 0 Å². The minimum absolute atomic E-state index is 0.0911. The zero-order chi connectivity index (χ0) is 45.5. The maximum atomic E-state index is 4.13. The Morgan fingerprint density at radius 1 is 0.397 bits per heavy atom. The second-order valence-electron chi connectivity index (χ2n) is 19.5. The molecule has 2 unspecified atom stereocenters. The van der Waals surface area contributed by atoms with Gasteiger partial charge in [-0.15, -0.1) is 0 Å². The lowest BCUT2D eigenvalue weighted by Crippen LogP contribution is -2.14. The third-order valence-electron chi connectivity index (χ3n) is 15.4. The SMILES string of the molecule is C=C/C=C\c1cc(-c2ccc3c(c2)C(C)(C)c2ccccc2-3)c2ccccc2c1-c1ccc2c(-c3ccc(-c4ccccc4)cc3)c3ccccc3c(C3=CC=C(c4ccccc4)C4CC34)c2c1. The largest absolute Gasteiger partial charge is 0.0991 e. The van der Waals surface area contributed by atoms with Crippen LogP contribution in [0, 0.1) is 11.8 Å². The zero-order valence-corrected chi connectivity index (χ0v) is 38.5. The average molecular weight is 867 g/mol. The number of benzene rings is 10. The number of allylic oxidation sites excluding steroid dienone is 6. The molecule has 1 saturated carbocycles. The van der Waals surface area contributed by atoms with Crippen LogP contribution >= 0.6 is 0 Å². The first kappa shape index (κ1) is 40.2. The summed E-state index contributed by atoms with van der Waals surface area (Å²) in [6, 6.07) is 74.9. The molecular formula is C68H50. The van der Waals surface area contributed by atoms with Gasteiger partial charge in [0, 0.05) is 5.41 Å². The highest BCUT2D eigenvalue weighted by atomic mass is 14.5. The third-order valence-corrected chi connectivity index (χ3v) is 15.4. The Morgan fingerprint density at radius 3 is 1.69 bits per heavy atom. The van der Waals surface area contributed by atoms with E-state index in [9.17, 15) is 0 Å². The van der Waals surface area contributed by atoms with E-state index in [1.54, 1.807) is 0 Å². The van der Waals surface area contributed by atoms with Crippen LogP contribution < -0.4 is 0 Å². The van der Waals surface area contributed by atoms with Crippen LogP contribution in [-0.4, -0.2) is 0 Å². The molecule has 10 aromatic carbocycles. The molecule has 0 heterocycles. The predicted molar refractivity (Wildman–Crippen MR) is 291 cm³/mol. The second-order valence-corrected chi connectivity index (χ2v) is 19.5. The van der Waals surface area contributed by atoms with Gasteiger partial charge in [0.05, 0.1) is 0 Å². The predicted octanol–water partition coefficient (Wildman–Crippen LogP) is 18.4. The first-order valence-electron chi connectivity index (χ1n) is 24.2. The molecule has 322 valence electrons. The highest BCUT2D eigenvalue weighted by Gasteiger charge is 2.45. The van der Waals surface area contributed by atoms with Crippen LogP contribution in [0.1, 0.15) is 48.1 Å². The number of rotatable bonds is 8. The number of hydrogen-bond acceptors (Lipinski definition) is 0. The molecule has 68 heavy (non-hydrogen) atoms. The van der Waals surface area contributed by atoms with Gasteiger partial charge in [0.15, 0.2) is 0 Å². The molecule has 0 amide bonds. The van der Waals surface area contributed by atoms with Crippen molar-refractivity contribution in [2.75, 3.05) is 0 Å². The maximum absolute atomic E-state index is 4.13. The minimum atomic E-state index is -0.0911. The van der Waals surface area contributed by atoms with E-state index in [0.29, 0.717) is 11.8 Å². The van der Waals surface area contributed by atoms with Gasteiger partial charge in [-0.25, -0.2) is 0 Å². The molecule has 1 fully saturated rings. The van der Waals surface area contributed by atoms with E-state index >= 15 is 0 Å². The molecule has 0 N–H and O–H groups in total. The van der Waals surface area contributed by atoms with E-state index in [2.05, 4.69) is 245 Å². The number of fused-ring (bicyclic) bond motifs is 7. The van der Waals surface area contributed by atoms with Crippen molar-refractivity contribution in [3.8, 4) is 55.6 Å². The summed E-state index contributed by atoms with van der Waals surface area (Å²) in [6.07, 6.45) is 12.3. The van der Waals surface area contributed by atoms with Crippen LogP contribution in [0.3, 0.4) is 0 Å². The Bertz CT molecular complexity index is 3780. The summed E-state index contributed by atoms with van der Waals surface area (Å²) in [5, 5.41) is 7.65. The van der Waals surface area contributed by atoms with Gasteiger partial charge in [-0.3, -0.25) is 0 Å². The molecule has 0 heteroatoms. The summed E-state index contributed by atoms with van der Waals surface area (Å²) in [4.78, 5) is 0. The van der Waals surface area contributed by atoms with Crippen LogP contribution in [0.15, 0.2) is 231 Å². The molecule has 3 aliphatic carbocycles. The first-order valence-corrected chi connectivity index (χ1v) is 24.2. The molecular weight excluding hydrogens is 817 g/mol. The van der Waals surface area contributed by atoms with Crippen molar-refractivity contribution in [1.29, 1.82) is 0 Å². The second kappa shape index (κ2) is 15.8. The van der Waals surface area contributed by atoms with Crippen molar-refractivity contribution in [1.82, 2.24) is 0 Å². The van der Waals surface area contributed by atoms with Crippen molar-refractivity contribution in [2.24, 2.45) is 11.8 Å². The van der Waals surface area contributed by atoms with Crippen LogP contribution in [0.4, 0.5) is 0 Å². The summed E-state index contributed by atoms with van der Waals surface area (Å²) in [5.41, 5.74) is 22.0. The summed E-state index contributed by atoms with van der Waals surface area (Å²) in [7, 11) is 0. The molecule has 0 bridgehead atoms. The van der Waals surface area contributed by atoms with Crippen molar-refractivity contribution in [2.45, 2.75) is 25.7 Å². The Hall–Kier alpha value is -8.06. The quantitative estimate of drug-likeness (QED) is 0.105. The molecule has 13 rings (SSSR count). The van der Waals surface area contributed by atoms with Gasteiger partial charge < -0.3 is 0 Å². The zero-order valence-electron chi connectivity index (χ0n) is 38.5. The summed E-state index contributed by atoms with van der Waals surface area (Å²) in [6.45, 7) is 8.87. The summed E-state index contributed by atoms with van der Waals surface area (Å²) in [5.74, 6) is 0.989. The van der Waals surface area contributed by atoms with Crippen molar-refractivity contribution in [3.63, 3.8) is 0 Å².